The number of aromatic nitrogens is 3. The minimum absolute atomic E-state index is 0.0405. The summed E-state index contributed by atoms with van der Waals surface area (Å²) in [4.78, 5) is 13.3. The van der Waals surface area contributed by atoms with Gasteiger partial charge in [0.15, 0.2) is 5.82 Å². The van der Waals surface area contributed by atoms with Crippen molar-refractivity contribution in [3.05, 3.63) is 20.6 Å². The number of anilines is 1. The fourth-order valence-corrected chi connectivity index (χ4v) is 2.48. The van der Waals surface area contributed by atoms with Crippen molar-refractivity contribution in [1.29, 1.82) is 0 Å². The molecule has 4 nitrogen and oxygen atoms in total. The smallest absolute Gasteiger partial charge is 0.181 e. The minimum atomic E-state index is 0.0405. The highest BCUT2D eigenvalue weighted by atomic mass is 79.9. The quantitative estimate of drug-likeness (QED) is 0.870. The molecule has 0 aliphatic heterocycles. The van der Waals surface area contributed by atoms with E-state index in [0.717, 1.165) is 20.9 Å². The molecule has 0 atom stereocenters. The Morgan fingerprint density at radius 2 is 1.89 bits per heavy atom. The Morgan fingerprint density at radius 1 is 1.22 bits per heavy atom. The minimum Gasteiger partial charge on any atom is -0.383 e. The first kappa shape index (κ1) is 13.4. The number of hydrogen-bond acceptors (Lipinski definition) is 5. The van der Waals surface area contributed by atoms with Crippen LogP contribution < -0.4 is 5.73 Å². The fourth-order valence-electron chi connectivity index (χ4n) is 1.42. The SMILES string of the molecule is Cc1nc(-c2csc(C(C)(C)C)n2)nc(N)c1Br. The van der Waals surface area contributed by atoms with Gasteiger partial charge in [-0.15, -0.1) is 11.3 Å². The van der Waals surface area contributed by atoms with Crippen LogP contribution in [0.3, 0.4) is 0 Å². The van der Waals surface area contributed by atoms with Gasteiger partial charge in [-0.25, -0.2) is 15.0 Å². The van der Waals surface area contributed by atoms with Crippen molar-refractivity contribution >= 4 is 33.1 Å². The molecule has 0 fully saturated rings. The molecule has 2 N–H and O–H groups in total. The van der Waals surface area contributed by atoms with E-state index in [-0.39, 0.29) is 5.41 Å². The van der Waals surface area contributed by atoms with E-state index in [4.69, 9.17) is 5.73 Å². The van der Waals surface area contributed by atoms with E-state index in [1.165, 1.54) is 0 Å². The van der Waals surface area contributed by atoms with Crippen LogP contribution in [0.2, 0.25) is 0 Å². The van der Waals surface area contributed by atoms with Gasteiger partial charge in [-0.1, -0.05) is 20.8 Å². The molecule has 6 heteroatoms. The summed E-state index contributed by atoms with van der Waals surface area (Å²) in [6, 6.07) is 0. The molecule has 2 aromatic rings. The number of nitrogens with two attached hydrogens (primary N) is 1. The fraction of sp³-hybridized carbons (Fsp3) is 0.417. The highest BCUT2D eigenvalue weighted by Gasteiger charge is 2.19. The number of nitrogen functional groups attached to an aromatic ring is 1. The first-order chi connectivity index (χ1) is 8.29. The monoisotopic (exact) mass is 326 g/mol. The number of thiazole rings is 1. The zero-order valence-corrected chi connectivity index (χ0v) is 13.2. The average Bonchev–Trinajstić information content (AvgIpc) is 2.73. The second-order valence-corrected chi connectivity index (χ2v) is 6.77. The second-order valence-electron chi connectivity index (χ2n) is 5.12. The predicted molar refractivity (Wildman–Crippen MR) is 78.7 cm³/mol. The molecular formula is C12H15BrN4S. The van der Waals surface area contributed by atoms with Gasteiger partial charge in [-0.2, -0.15) is 0 Å². The van der Waals surface area contributed by atoms with Crippen LogP contribution >= 0.6 is 27.3 Å². The maximum Gasteiger partial charge on any atom is 0.181 e. The highest BCUT2D eigenvalue weighted by Crippen LogP contribution is 2.30. The summed E-state index contributed by atoms with van der Waals surface area (Å²) in [5.74, 6) is 1.03. The molecule has 0 saturated heterocycles. The Hall–Kier alpha value is -1.01. The molecule has 2 rings (SSSR count). The van der Waals surface area contributed by atoms with E-state index < -0.39 is 0 Å². The Bertz CT molecular complexity index is 563. The zero-order chi connectivity index (χ0) is 13.5. The molecule has 18 heavy (non-hydrogen) atoms. The van der Waals surface area contributed by atoms with Crippen LogP contribution in [-0.4, -0.2) is 15.0 Å². The summed E-state index contributed by atoms with van der Waals surface area (Å²) in [5, 5.41) is 3.04. The molecule has 96 valence electrons. The number of aryl methyl sites for hydroxylation is 1. The Kier molecular flexibility index (Phi) is 3.42. The van der Waals surface area contributed by atoms with Crippen LogP contribution in [0.5, 0.6) is 0 Å². The van der Waals surface area contributed by atoms with Crippen molar-refractivity contribution in [2.24, 2.45) is 0 Å². The predicted octanol–water partition coefficient (Wildman–Crippen LogP) is 3.55. The number of hydrogen-bond donors (Lipinski definition) is 1. The van der Waals surface area contributed by atoms with E-state index in [1.54, 1.807) is 11.3 Å². The average molecular weight is 327 g/mol. The van der Waals surface area contributed by atoms with Gasteiger partial charge in [0.1, 0.15) is 11.5 Å². The van der Waals surface area contributed by atoms with E-state index >= 15 is 0 Å². The normalized spacial score (nSPS) is 11.8. The summed E-state index contributed by atoms with van der Waals surface area (Å²) in [5.41, 5.74) is 7.48. The molecule has 0 saturated carbocycles. The lowest BCUT2D eigenvalue weighted by atomic mass is 9.98. The van der Waals surface area contributed by atoms with E-state index in [0.29, 0.717) is 11.6 Å². The van der Waals surface area contributed by atoms with Gasteiger partial charge in [0.2, 0.25) is 0 Å². The zero-order valence-electron chi connectivity index (χ0n) is 10.8. The second kappa shape index (κ2) is 4.59. The van der Waals surface area contributed by atoms with E-state index in [2.05, 4.69) is 51.7 Å². The number of nitrogens with zero attached hydrogens (tertiary/aromatic N) is 3. The van der Waals surface area contributed by atoms with Crippen LogP contribution in [-0.2, 0) is 5.41 Å². The number of halogens is 1. The van der Waals surface area contributed by atoms with Crippen molar-refractivity contribution in [1.82, 2.24) is 15.0 Å². The molecular weight excluding hydrogens is 312 g/mol. The summed E-state index contributed by atoms with van der Waals surface area (Å²) in [6.45, 7) is 8.30. The summed E-state index contributed by atoms with van der Waals surface area (Å²) in [6.07, 6.45) is 0. The third-order valence-electron chi connectivity index (χ3n) is 2.42. The van der Waals surface area contributed by atoms with Gasteiger partial charge in [0.05, 0.1) is 15.2 Å². The molecule has 0 aliphatic rings. The summed E-state index contributed by atoms with van der Waals surface area (Å²) >= 11 is 4.98. The van der Waals surface area contributed by atoms with Crippen LogP contribution in [0.4, 0.5) is 5.82 Å². The van der Waals surface area contributed by atoms with Crippen molar-refractivity contribution in [3.63, 3.8) is 0 Å². The molecule has 0 radical (unpaired) electrons. The van der Waals surface area contributed by atoms with E-state index in [1.807, 2.05) is 12.3 Å². The third-order valence-corrected chi connectivity index (χ3v) is 4.67. The molecule has 0 amide bonds. The van der Waals surface area contributed by atoms with Crippen LogP contribution in [0.15, 0.2) is 9.85 Å². The molecule has 2 aromatic heterocycles. The first-order valence-corrected chi connectivity index (χ1v) is 7.22. The molecule has 0 unspecified atom stereocenters. The highest BCUT2D eigenvalue weighted by molar-refractivity contribution is 9.10. The largest absolute Gasteiger partial charge is 0.383 e. The first-order valence-electron chi connectivity index (χ1n) is 5.55. The Balaban J connectivity index is 2.47. The van der Waals surface area contributed by atoms with Gasteiger partial charge < -0.3 is 5.73 Å². The molecule has 2 heterocycles. The summed E-state index contributed by atoms with van der Waals surface area (Å²) < 4.78 is 0.748. The number of rotatable bonds is 1. The van der Waals surface area contributed by atoms with Gasteiger partial charge in [0, 0.05) is 10.8 Å². The van der Waals surface area contributed by atoms with E-state index in [9.17, 15) is 0 Å². The lowest BCUT2D eigenvalue weighted by Crippen LogP contribution is -2.10. The van der Waals surface area contributed by atoms with Crippen LogP contribution in [0.25, 0.3) is 11.5 Å². The molecule has 0 bridgehead atoms. The van der Waals surface area contributed by atoms with Crippen molar-refractivity contribution in [2.45, 2.75) is 33.1 Å². The van der Waals surface area contributed by atoms with Crippen molar-refractivity contribution in [3.8, 4) is 11.5 Å². The third kappa shape index (κ3) is 2.54. The van der Waals surface area contributed by atoms with Gasteiger partial charge >= 0.3 is 0 Å². The standard InChI is InChI=1S/C12H15BrN4S/c1-6-8(13)9(14)17-10(15-6)7-5-18-11(16-7)12(2,3)4/h5H,1-4H3,(H2,14,15,17). The lowest BCUT2D eigenvalue weighted by molar-refractivity contribution is 0.586. The Morgan fingerprint density at radius 3 is 2.39 bits per heavy atom. The van der Waals surface area contributed by atoms with Crippen LogP contribution in [0.1, 0.15) is 31.5 Å². The Labute approximate surface area is 119 Å². The van der Waals surface area contributed by atoms with Gasteiger partial charge in [-0.05, 0) is 22.9 Å². The topological polar surface area (TPSA) is 64.7 Å². The van der Waals surface area contributed by atoms with Gasteiger partial charge in [-0.3, -0.25) is 0 Å². The maximum absolute atomic E-state index is 5.83. The lowest BCUT2D eigenvalue weighted by Gasteiger charge is -2.13. The molecule has 0 spiro atoms. The van der Waals surface area contributed by atoms with Crippen molar-refractivity contribution < 1.29 is 0 Å². The molecule has 0 aromatic carbocycles. The summed E-state index contributed by atoms with van der Waals surface area (Å²) in [7, 11) is 0. The van der Waals surface area contributed by atoms with Crippen LogP contribution in [0, 0.1) is 6.92 Å². The van der Waals surface area contributed by atoms with Crippen molar-refractivity contribution in [2.75, 3.05) is 5.73 Å². The van der Waals surface area contributed by atoms with Gasteiger partial charge in [0.25, 0.3) is 0 Å². The maximum atomic E-state index is 5.83. The molecule has 0 aliphatic carbocycles.